The topological polar surface area (TPSA) is 85.8 Å². The third kappa shape index (κ3) is 3.71. The van der Waals surface area contributed by atoms with Crippen LogP contribution in [0.3, 0.4) is 0 Å². The average Bonchev–Trinajstić information content (AvgIpc) is 3.22. The SMILES string of the molecule is CCC(C)NC(=O)c1nc(-c2cn(-c3ccc(Cl)cc3)nc2C)no1. The van der Waals surface area contributed by atoms with Crippen molar-refractivity contribution in [2.45, 2.75) is 33.2 Å². The number of hydrogen-bond acceptors (Lipinski definition) is 5. The predicted octanol–water partition coefficient (Wildman–Crippen LogP) is 3.41. The summed E-state index contributed by atoms with van der Waals surface area (Å²) in [6.45, 7) is 5.74. The first-order chi connectivity index (χ1) is 12.0. The molecule has 7 nitrogen and oxygen atoms in total. The molecule has 0 fully saturated rings. The first-order valence-corrected chi connectivity index (χ1v) is 8.33. The van der Waals surface area contributed by atoms with E-state index in [0.717, 1.165) is 17.8 Å². The number of nitrogens with one attached hydrogen (secondary N) is 1. The maximum absolute atomic E-state index is 12.1. The Bertz CT molecular complexity index is 885. The van der Waals surface area contributed by atoms with E-state index in [9.17, 15) is 4.79 Å². The van der Waals surface area contributed by atoms with Gasteiger partial charge in [-0.2, -0.15) is 10.1 Å². The van der Waals surface area contributed by atoms with Crippen molar-refractivity contribution in [1.29, 1.82) is 0 Å². The molecule has 1 atom stereocenters. The fraction of sp³-hybridized carbons (Fsp3) is 0.294. The molecule has 2 heterocycles. The van der Waals surface area contributed by atoms with Gasteiger partial charge in [0.05, 0.1) is 16.9 Å². The molecule has 25 heavy (non-hydrogen) atoms. The molecule has 1 unspecified atom stereocenters. The third-order valence-electron chi connectivity index (χ3n) is 3.84. The minimum absolute atomic E-state index is 0.0391. The van der Waals surface area contributed by atoms with Gasteiger partial charge in [-0.05, 0) is 44.5 Å². The Labute approximate surface area is 150 Å². The highest BCUT2D eigenvalue weighted by molar-refractivity contribution is 6.30. The molecule has 1 aromatic carbocycles. The molecule has 0 radical (unpaired) electrons. The lowest BCUT2D eigenvalue weighted by molar-refractivity contribution is 0.0895. The van der Waals surface area contributed by atoms with Crippen molar-refractivity contribution in [3.8, 4) is 17.1 Å². The minimum Gasteiger partial charge on any atom is -0.345 e. The Hall–Kier alpha value is -2.67. The monoisotopic (exact) mass is 359 g/mol. The Morgan fingerprint density at radius 1 is 1.36 bits per heavy atom. The molecule has 130 valence electrons. The van der Waals surface area contributed by atoms with Gasteiger partial charge in [0.15, 0.2) is 0 Å². The summed E-state index contributed by atoms with van der Waals surface area (Å²) in [4.78, 5) is 16.2. The van der Waals surface area contributed by atoms with E-state index < -0.39 is 0 Å². The number of carbonyl (C=O) groups is 1. The molecular weight excluding hydrogens is 342 g/mol. The van der Waals surface area contributed by atoms with Crippen molar-refractivity contribution in [3.05, 3.63) is 47.1 Å². The Morgan fingerprint density at radius 3 is 2.76 bits per heavy atom. The normalized spacial score (nSPS) is 12.2. The minimum atomic E-state index is -0.379. The van der Waals surface area contributed by atoms with Crippen molar-refractivity contribution >= 4 is 17.5 Å². The van der Waals surface area contributed by atoms with Gasteiger partial charge < -0.3 is 9.84 Å². The van der Waals surface area contributed by atoms with Crippen LogP contribution in [0, 0.1) is 6.92 Å². The summed E-state index contributed by atoms with van der Waals surface area (Å²) in [5, 5.41) is 11.8. The molecular formula is C17H18ClN5O2. The van der Waals surface area contributed by atoms with Crippen LogP contribution in [0.5, 0.6) is 0 Å². The first kappa shape index (κ1) is 17.2. The smallest absolute Gasteiger partial charge is 0.316 e. The van der Waals surface area contributed by atoms with Crippen molar-refractivity contribution in [2.24, 2.45) is 0 Å². The Balaban J connectivity index is 1.85. The summed E-state index contributed by atoms with van der Waals surface area (Å²) in [6.07, 6.45) is 2.61. The van der Waals surface area contributed by atoms with Crippen LogP contribution >= 0.6 is 11.6 Å². The van der Waals surface area contributed by atoms with Crippen molar-refractivity contribution in [1.82, 2.24) is 25.2 Å². The number of hydrogen-bond donors (Lipinski definition) is 1. The molecule has 0 bridgehead atoms. The highest BCUT2D eigenvalue weighted by Crippen LogP contribution is 2.22. The Kier molecular flexibility index (Phi) is 4.85. The third-order valence-corrected chi connectivity index (χ3v) is 4.09. The van der Waals surface area contributed by atoms with Gasteiger partial charge in [-0.25, -0.2) is 4.68 Å². The average molecular weight is 360 g/mol. The van der Waals surface area contributed by atoms with Crippen LogP contribution in [-0.2, 0) is 0 Å². The van der Waals surface area contributed by atoms with Crippen LogP contribution in [0.2, 0.25) is 5.02 Å². The summed E-state index contributed by atoms with van der Waals surface area (Å²) < 4.78 is 6.79. The fourth-order valence-electron chi connectivity index (χ4n) is 2.22. The quantitative estimate of drug-likeness (QED) is 0.754. The van der Waals surface area contributed by atoms with E-state index in [2.05, 4.69) is 20.6 Å². The lowest BCUT2D eigenvalue weighted by Gasteiger charge is -2.07. The predicted molar refractivity (Wildman–Crippen MR) is 93.8 cm³/mol. The zero-order valence-corrected chi connectivity index (χ0v) is 14.9. The molecule has 8 heteroatoms. The Morgan fingerprint density at radius 2 is 2.08 bits per heavy atom. The maximum Gasteiger partial charge on any atom is 0.316 e. The molecule has 0 saturated carbocycles. The molecule has 0 spiro atoms. The van der Waals surface area contributed by atoms with Crippen LogP contribution in [0.15, 0.2) is 35.0 Å². The highest BCUT2D eigenvalue weighted by Gasteiger charge is 2.20. The van der Waals surface area contributed by atoms with Crippen molar-refractivity contribution in [2.75, 3.05) is 0 Å². The molecule has 1 N–H and O–H groups in total. The van der Waals surface area contributed by atoms with Gasteiger partial charge in [0.1, 0.15) is 0 Å². The molecule has 0 aliphatic heterocycles. The van der Waals surface area contributed by atoms with Gasteiger partial charge in [0.25, 0.3) is 0 Å². The zero-order valence-electron chi connectivity index (χ0n) is 14.2. The van der Waals surface area contributed by atoms with E-state index in [4.69, 9.17) is 16.1 Å². The molecule has 3 aromatic rings. The van der Waals surface area contributed by atoms with Crippen LogP contribution in [0.4, 0.5) is 0 Å². The van der Waals surface area contributed by atoms with E-state index in [1.807, 2.05) is 32.9 Å². The van der Waals surface area contributed by atoms with Crippen molar-refractivity contribution < 1.29 is 9.32 Å². The van der Waals surface area contributed by atoms with E-state index in [1.165, 1.54) is 0 Å². The lowest BCUT2D eigenvalue weighted by Crippen LogP contribution is -2.32. The standard InChI is InChI=1S/C17H18ClN5O2/c1-4-10(2)19-16(24)17-20-15(22-25-17)14-9-23(21-11(14)3)13-7-5-12(18)6-8-13/h5-10H,4H2,1-3H3,(H,19,24). The molecule has 2 aromatic heterocycles. The summed E-state index contributed by atoms with van der Waals surface area (Å²) in [7, 11) is 0. The molecule has 0 saturated heterocycles. The number of amides is 1. The van der Waals surface area contributed by atoms with Crippen LogP contribution in [0.1, 0.15) is 36.6 Å². The molecule has 0 aliphatic rings. The highest BCUT2D eigenvalue weighted by atomic mass is 35.5. The van der Waals surface area contributed by atoms with Crippen LogP contribution < -0.4 is 5.32 Å². The van der Waals surface area contributed by atoms with Gasteiger partial charge >= 0.3 is 11.8 Å². The van der Waals surface area contributed by atoms with Gasteiger partial charge in [-0.1, -0.05) is 23.7 Å². The number of halogens is 1. The maximum atomic E-state index is 12.1. The summed E-state index contributed by atoms with van der Waals surface area (Å²) in [6, 6.07) is 7.34. The number of carbonyl (C=O) groups excluding carboxylic acids is 1. The zero-order chi connectivity index (χ0) is 18.0. The van der Waals surface area contributed by atoms with E-state index in [0.29, 0.717) is 16.4 Å². The van der Waals surface area contributed by atoms with Crippen LogP contribution in [-0.4, -0.2) is 31.9 Å². The van der Waals surface area contributed by atoms with E-state index in [1.54, 1.807) is 23.0 Å². The van der Waals surface area contributed by atoms with Gasteiger partial charge in [0.2, 0.25) is 5.82 Å². The molecule has 3 rings (SSSR count). The number of nitrogens with zero attached hydrogens (tertiary/aromatic N) is 4. The number of rotatable bonds is 5. The van der Waals surface area contributed by atoms with Crippen molar-refractivity contribution in [3.63, 3.8) is 0 Å². The number of benzene rings is 1. The molecule has 1 amide bonds. The van der Waals surface area contributed by atoms with Crippen LogP contribution in [0.25, 0.3) is 17.1 Å². The first-order valence-electron chi connectivity index (χ1n) is 7.95. The number of aromatic nitrogens is 4. The van der Waals surface area contributed by atoms with E-state index in [-0.39, 0.29) is 17.8 Å². The second-order valence-electron chi connectivity index (χ2n) is 5.76. The molecule has 0 aliphatic carbocycles. The largest absolute Gasteiger partial charge is 0.345 e. The summed E-state index contributed by atoms with van der Waals surface area (Å²) in [5.74, 6) is -0.114. The van der Waals surface area contributed by atoms with Gasteiger partial charge in [0, 0.05) is 17.3 Å². The van der Waals surface area contributed by atoms with Gasteiger partial charge in [-0.3, -0.25) is 4.79 Å². The second kappa shape index (κ2) is 7.06. The summed E-state index contributed by atoms with van der Waals surface area (Å²) in [5.41, 5.74) is 2.28. The second-order valence-corrected chi connectivity index (χ2v) is 6.19. The number of aryl methyl sites for hydroxylation is 1. The fourth-order valence-corrected chi connectivity index (χ4v) is 2.34. The lowest BCUT2D eigenvalue weighted by atomic mass is 10.2. The van der Waals surface area contributed by atoms with Gasteiger partial charge in [-0.15, -0.1) is 0 Å². The van der Waals surface area contributed by atoms with E-state index >= 15 is 0 Å². The summed E-state index contributed by atoms with van der Waals surface area (Å²) >= 11 is 5.91.